The van der Waals surface area contributed by atoms with Crippen LogP contribution in [0.4, 0.5) is 5.69 Å². The fourth-order valence-electron chi connectivity index (χ4n) is 2.03. The molecule has 4 heteroatoms. The number of nitrogen functional groups attached to an aromatic ring is 1. The monoisotopic (exact) mass is 266 g/mol. The molecule has 0 aliphatic rings. The molecule has 0 atom stereocenters. The van der Waals surface area contributed by atoms with E-state index < -0.39 is 0 Å². The lowest BCUT2D eigenvalue weighted by molar-refractivity contribution is 0.449. The molecule has 0 amide bonds. The van der Waals surface area contributed by atoms with Crippen LogP contribution in [-0.2, 0) is 0 Å². The van der Waals surface area contributed by atoms with Gasteiger partial charge in [0.05, 0.1) is 5.52 Å². The lowest BCUT2D eigenvalue weighted by Crippen LogP contribution is -1.96. The van der Waals surface area contributed by atoms with Crippen molar-refractivity contribution >= 4 is 16.6 Å². The second-order valence-electron chi connectivity index (χ2n) is 4.59. The van der Waals surface area contributed by atoms with Gasteiger partial charge in [0.25, 0.3) is 0 Å². The van der Waals surface area contributed by atoms with Gasteiger partial charge in [-0.1, -0.05) is 24.3 Å². The Kier molecular flexibility index (Phi) is 2.91. The maximum Gasteiger partial charge on any atom is 0.222 e. The third-order valence-electron chi connectivity index (χ3n) is 3.12. The second kappa shape index (κ2) is 4.74. The summed E-state index contributed by atoms with van der Waals surface area (Å²) in [6.45, 7) is 1.92. The van der Waals surface area contributed by atoms with Crippen LogP contribution in [0.2, 0.25) is 0 Å². The number of aromatic hydroxyl groups is 1. The van der Waals surface area contributed by atoms with Gasteiger partial charge < -0.3 is 15.6 Å². The van der Waals surface area contributed by atoms with Crippen molar-refractivity contribution < 1.29 is 9.84 Å². The standard InChI is InChI=1S/C16H14N2O2/c1-10-9-11-5-2-3-6-12(11)18-16(10)20-14-8-4-7-13(19)15(14)17/h2-9,19H,17H2,1H3. The highest BCUT2D eigenvalue weighted by molar-refractivity contribution is 5.80. The topological polar surface area (TPSA) is 68.4 Å². The van der Waals surface area contributed by atoms with Gasteiger partial charge in [0, 0.05) is 10.9 Å². The molecule has 3 rings (SSSR count). The minimum absolute atomic E-state index is 0.000872. The molecule has 20 heavy (non-hydrogen) atoms. The lowest BCUT2D eigenvalue weighted by atomic mass is 10.2. The molecule has 0 saturated heterocycles. The Labute approximate surface area is 116 Å². The van der Waals surface area contributed by atoms with Crippen molar-refractivity contribution in [2.75, 3.05) is 5.73 Å². The third-order valence-corrected chi connectivity index (χ3v) is 3.12. The first-order valence-corrected chi connectivity index (χ1v) is 6.27. The van der Waals surface area contributed by atoms with Crippen LogP contribution in [0.3, 0.4) is 0 Å². The number of benzene rings is 2. The van der Waals surface area contributed by atoms with Crippen LogP contribution in [0.1, 0.15) is 5.56 Å². The van der Waals surface area contributed by atoms with Gasteiger partial charge in [0.15, 0.2) is 5.75 Å². The summed E-state index contributed by atoms with van der Waals surface area (Å²) in [6, 6.07) is 14.7. The van der Waals surface area contributed by atoms with Crippen molar-refractivity contribution in [2.24, 2.45) is 0 Å². The van der Waals surface area contributed by atoms with Crippen molar-refractivity contribution in [3.8, 4) is 17.4 Å². The number of fused-ring (bicyclic) bond motifs is 1. The van der Waals surface area contributed by atoms with E-state index in [-0.39, 0.29) is 11.4 Å². The number of hydrogen-bond donors (Lipinski definition) is 2. The summed E-state index contributed by atoms with van der Waals surface area (Å²) >= 11 is 0. The van der Waals surface area contributed by atoms with Crippen LogP contribution in [-0.4, -0.2) is 10.1 Å². The van der Waals surface area contributed by atoms with Crippen molar-refractivity contribution in [2.45, 2.75) is 6.92 Å². The number of nitrogens with two attached hydrogens (primary N) is 1. The van der Waals surface area contributed by atoms with E-state index in [4.69, 9.17) is 10.5 Å². The number of nitrogens with zero attached hydrogens (tertiary/aromatic N) is 1. The summed E-state index contributed by atoms with van der Waals surface area (Å²) in [5, 5.41) is 10.7. The van der Waals surface area contributed by atoms with E-state index in [0.29, 0.717) is 11.6 Å². The molecule has 3 N–H and O–H groups in total. The average molecular weight is 266 g/mol. The summed E-state index contributed by atoms with van der Waals surface area (Å²) in [4.78, 5) is 4.48. The predicted molar refractivity (Wildman–Crippen MR) is 79.1 cm³/mol. The third kappa shape index (κ3) is 2.12. The molecule has 0 radical (unpaired) electrons. The zero-order valence-electron chi connectivity index (χ0n) is 11.0. The highest BCUT2D eigenvalue weighted by Gasteiger charge is 2.10. The van der Waals surface area contributed by atoms with E-state index in [1.807, 2.05) is 37.3 Å². The Hall–Kier alpha value is -2.75. The van der Waals surface area contributed by atoms with Crippen molar-refractivity contribution in [1.82, 2.24) is 4.98 Å². The molecular formula is C16H14N2O2. The van der Waals surface area contributed by atoms with Gasteiger partial charge in [-0.3, -0.25) is 0 Å². The molecule has 0 unspecified atom stereocenters. The molecule has 100 valence electrons. The first-order valence-electron chi connectivity index (χ1n) is 6.27. The number of rotatable bonds is 2. The first kappa shape index (κ1) is 12.3. The van der Waals surface area contributed by atoms with Gasteiger partial charge in [0.1, 0.15) is 11.4 Å². The fraction of sp³-hybridized carbons (Fsp3) is 0.0625. The summed E-state index contributed by atoms with van der Waals surface area (Å²) in [5.74, 6) is 0.887. The van der Waals surface area contributed by atoms with E-state index >= 15 is 0 Å². The zero-order chi connectivity index (χ0) is 14.1. The molecule has 4 nitrogen and oxygen atoms in total. The lowest BCUT2D eigenvalue weighted by Gasteiger charge is -2.11. The van der Waals surface area contributed by atoms with Gasteiger partial charge in [-0.05, 0) is 31.2 Å². The van der Waals surface area contributed by atoms with Gasteiger partial charge in [-0.25, -0.2) is 4.98 Å². The summed E-state index contributed by atoms with van der Waals surface area (Å²) in [6.07, 6.45) is 0. The number of para-hydroxylation sites is 2. The summed E-state index contributed by atoms with van der Waals surface area (Å²) < 4.78 is 5.73. The van der Waals surface area contributed by atoms with Gasteiger partial charge in [0.2, 0.25) is 5.88 Å². The number of ether oxygens (including phenoxy) is 1. The summed E-state index contributed by atoms with van der Waals surface area (Å²) in [5.41, 5.74) is 7.76. The van der Waals surface area contributed by atoms with Crippen LogP contribution in [0.5, 0.6) is 17.4 Å². The number of pyridine rings is 1. The van der Waals surface area contributed by atoms with Crippen LogP contribution < -0.4 is 10.5 Å². The molecule has 0 aliphatic carbocycles. The number of phenolic OH excluding ortho intramolecular Hbond substituents is 1. The average Bonchev–Trinajstić information content (AvgIpc) is 2.44. The molecule has 0 aliphatic heterocycles. The molecule has 1 aromatic heterocycles. The Morgan fingerprint density at radius 2 is 1.90 bits per heavy atom. The maximum absolute atomic E-state index is 9.59. The largest absolute Gasteiger partial charge is 0.506 e. The van der Waals surface area contributed by atoms with Crippen molar-refractivity contribution in [1.29, 1.82) is 0 Å². The number of hydrogen-bond acceptors (Lipinski definition) is 4. The van der Waals surface area contributed by atoms with Crippen LogP contribution in [0.25, 0.3) is 10.9 Å². The summed E-state index contributed by atoms with van der Waals surface area (Å²) in [7, 11) is 0. The molecule has 0 fully saturated rings. The Balaban J connectivity index is 2.06. The molecule has 3 aromatic rings. The quantitative estimate of drug-likeness (QED) is 0.549. The SMILES string of the molecule is Cc1cc2ccccc2nc1Oc1cccc(O)c1N. The van der Waals surface area contributed by atoms with Crippen molar-refractivity contribution in [3.63, 3.8) is 0 Å². The van der Waals surface area contributed by atoms with Crippen molar-refractivity contribution in [3.05, 3.63) is 54.1 Å². The van der Waals surface area contributed by atoms with E-state index in [1.54, 1.807) is 12.1 Å². The predicted octanol–water partition coefficient (Wildman–Crippen LogP) is 3.62. The Bertz CT molecular complexity index is 785. The normalized spacial score (nSPS) is 10.7. The zero-order valence-corrected chi connectivity index (χ0v) is 11.0. The van der Waals surface area contributed by atoms with E-state index in [1.165, 1.54) is 6.07 Å². The highest BCUT2D eigenvalue weighted by Crippen LogP contribution is 2.34. The highest BCUT2D eigenvalue weighted by atomic mass is 16.5. The molecule has 0 spiro atoms. The molecule has 0 saturated carbocycles. The first-order chi connectivity index (χ1) is 9.65. The fourth-order valence-corrected chi connectivity index (χ4v) is 2.03. The van der Waals surface area contributed by atoms with Gasteiger partial charge in [-0.2, -0.15) is 0 Å². The van der Waals surface area contributed by atoms with E-state index in [9.17, 15) is 5.11 Å². The smallest absolute Gasteiger partial charge is 0.222 e. The number of phenols is 1. The van der Waals surface area contributed by atoms with Crippen LogP contribution in [0.15, 0.2) is 48.5 Å². The minimum atomic E-state index is 0.000872. The molecule has 2 aromatic carbocycles. The van der Waals surface area contributed by atoms with Gasteiger partial charge in [-0.15, -0.1) is 0 Å². The molecule has 0 bridgehead atoms. The van der Waals surface area contributed by atoms with E-state index in [2.05, 4.69) is 4.98 Å². The number of anilines is 1. The van der Waals surface area contributed by atoms with Crippen LogP contribution in [0, 0.1) is 6.92 Å². The maximum atomic E-state index is 9.59. The number of aromatic nitrogens is 1. The molecular weight excluding hydrogens is 252 g/mol. The van der Waals surface area contributed by atoms with Gasteiger partial charge >= 0.3 is 0 Å². The second-order valence-corrected chi connectivity index (χ2v) is 4.59. The number of aryl methyl sites for hydroxylation is 1. The van der Waals surface area contributed by atoms with Crippen LogP contribution >= 0.6 is 0 Å². The Morgan fingerprint density at radius 1 is 1.10 bits per heavy atom. The van der Waals surface area contributed by atoms with E-state index in [0.717, 1.165) is 16.5 Å². The Morgan fingerprint density at radius 3 is 2.75 bits per heavy atom. The minimum Gasteiger partial charge on any atom is -0.506 e. The molecule has 1 heterocycles.